The lowest BCUT2D eigenvalue weighted by Crippen LogP contribution is -2.28. The first-order chi connectivity index (χ1) is 9.13. The number of nitrogens with one attached hydrogen (secondary N) is 2. The van der Waals surface area contributed by atoms with Crippen LogP contribution in [0.25, 0.3) is 0 Å². The molecule has 0 unspecified atom stereocenters. The molecule has 7 heteroatoms. The maximum atomic E-state index is 11.5. The summed E-state index contributed by atoms with van der Waals surface area (Å²) in [5.41, 5.74) is 0.999. The highest BCUT2D eigenvalue weighted by Crippen LogP contribution is 2.24. The molecule has 1 rings (SSSR count). The third-order valence-electron chi connectivity index (χ3n) is 2.43. The fourth-order valence-electron chi connectivity index (χ4n) is 1.44. The van der Waals surface area contributed by atoms with Gasteiger partial charge >= 0.3 is 0 Å². The largest absolute Gasteiger partial charge is 0.355 e. The fourth-order valence-corrected chi connectivity index (χ4v) is 2.85. The maximum absolute atomic E-state index is 11.5. The van der Waals surface area contributed by atoms with Crippen LogP contribution in [0.3, 0.4) is 0 Å². The minimum Gasteiger partial charge on any atom is -0.355 e. The molecule has 0 aromatic heterocycles. The number of hydrogen-bond acceptors (Lipinski definition) is 3. The lowest BCUT2D eigenvalue weighted by atomic mass is 10.2. The summed E-state index contributed by atoms with van der Waals surface area (Å²) >= 11 is 13.4. The second kappa shape index (κ2) is 11.5. The van der Waals surface area contributed by atoms with Gasteiger partial charge in [-0.1, -0.05) is 29.3 Å². The van der Waals surface area contributed by atoms with Crippen molar-refractivity contribution in [1.29, 1.82) is 0 Å². The molecule has 0 radical (unpaired) electrons. The number of thioether (sulfide) groups is 1. The third-order valence-corrected chi connectivity index (χ3v) is 4.00. The van der Waals surface area contributed by atoms with E-state index in [4.69, 9.17) is 23.2 Å². The molecule has 0 atom stereocenters. The van der Waals surface area contributed by atoms with Gasteiger partial charge in [0.2, 0.25) is 5.91 Å². The molecule has 2 N–H and O–H groups in total. The zero-order valence-electron chi connectivity index (χ0n) is 11.2. The molecule has 0 aliphatic heterocycles. The van der Waals surface area contributed by atoms with Crippen molar-refractivity contribution < 1.29 is 4.79 Å². The molecule has 0 saturated heterocycles. The van der Waals surface area contributed by atoms with Gasteiger partial charge in [-0.15, -0.1) is 24.2 Å². The van der Waals surface area contributed by atoms with Gasteiger partial charge in [0, 0.05) is 22.3 Å². The monoisotopic (exact) mass is 356 g/mol. The van der Waals surface area contributed by atoms with E-state index in [0.717, 1.165) is 18.5 Å². The minimum absolute atomic E-state index is 0. The second-order valence-electron chi connectivity index (χ2n) is 4.04. The van der Waals surface area contributed by atoms with Gasteiger partial charge in [0.25, 0.3) is 0 Å². The number of amides is 1. The summed E-state index contributed by atoms with van der Waals surface area (Å²) in [5.74, 6) is 1.21. The summed E-state index contributed by atoms with van der Waals surface area (Å²) in [6.07, 6.45) is 0.940. The zero-order valence-corrected chi connectivity index (χ0v) is 14.4. The predicted molar refractivity (Wildman–Crippen MR) is 91.4 cm³/mol. The van der Waals surface area contributed by atoms with E-state index in [1.807, 2.05) is 13.1 Å². The molecule has 0 aliphatic carbocycles. The molecule has 1 aromatic carbocycles. The third kappa shape index (κ3) is 8.22. The van der Waals surface area contributed by atoms with Gasteiger partial charge in [-0.3, -0.25) is 4.79 Å². The Bertz CT molecular complexity index is 419. The fraction of sp³-hybridized carbons (Fsp3) is 0.462. The Morgan fingerprint density at radius 1 is 1.30 bits per heavy atom. The van der Waals surface area contributed by atoms with Crippen LogP contribution in [0.4, 0.5) is 0 Å². The van der Waals surface area contributed by atoms with Crippen LogP contribution in [0, 0.1) is 0 Å². The van der Waals surface area contributed by atoms with Crippen molar-refractivity contribution in [1.82, 2.24) is 10.6 Å². The van der Waals surface area contributed by atoms with Gasteiger partial charge < -0.3 is 10.6 Å². The predicted octanol–water partition coefficient (Wildman–Crippen LogP) is 3.37. The van der Waals surface area contributed by atoms with Crippen molar-refractivity contribution in [3.8, 4) is 0 Å². The van der Waals surface area contributed by atoms with Crippen molar-refractivity contribution in [2.75, 3.05) is 25.9 Å². The molecule has 0 saturated carbocycles. The topological polar surface area (TPSA) is 41.1 Å². The first-order valence-corrected chi connectivity index (χ1v) is 7.97. The van der Waals surface area contributed by atoms with Gasteiger partial charge in [-0.05, 0) is 37.7 Å². The highest BCUT2D eigenvalue weighted by molar-refractivity contribution is 7.99. The van der Waals surface area contributed by atoms with Crippen LogP contribution in [0.5, 0.6) is 0 Å². The van der Waals surface area contributed by atoms with Crippen molar-refractivity contribution >= 4 is 53.3 Å². The Morgan fingerprint density at radius 3 is 2.70 bits per heavy atom. The lowest BCUT2D eigenvalue weighted by Gasteiger charge is -2.06. The summed E-state index contributed by atoms with van der Waals surface area (Å²) in [7, 11) is 1.90. The van der Waals surface area contributed by atoms with E-state index in [1.165, 1.54) is 0 Å². The molecular weight excluding hydrogens is 339 g/mol. The van der Waals surface area contributed by atoms with Crippen LogP contribution in [-0.2, 0) is 10.5 Å². The van der Waals surface area contributed by atoms with Crippen molar-refractivity contribution in [3.63, 3.8) is 0 Å². The molecule has 0 fully saturated rings. The smallest absolute Gasteiger partial charge is 0.230 e. The summed E-state index contributed by atoms with van der Waals surface area (Å²) in [5, 5.41) is 7.18. The van der Waals surface area contributed by atoms with Crippen LogP contribution >= 0.6 is 47.4 Å². The Kier molecular flexibility index (Phi) is 11.4. The number of hydrogen-bond donors (Lipinski definition) is 2. The average Bonchev–Trinajstić information content (AvgIpc) is 2.37. The Balaban J connectivity index is 0.00000361. The summed E-state index contributed by atoms with van der Waals surface area (Å²) in [6, 6.07) is 5.42. The second-order valence-corrected chi connectivity index (χ2v) is 5.86. The van der Waals surface area contributed by atoms with E-state index in [0.29, 0.717) is 28.1 Å². The van der Waals surface area contributed by atoms with Crippen LogP contribution in [0.15, 0.2) is 18.2 Å². The molecule has 20 heavy (non-hydrogen) atoms. The standard InChI is InChI=1S/C13H18Cl2N2OS.ClH/c1-16-5-2-6-17-13(18)9-19-8-10-3-4-11(14)7-12(10)15;/h3-4,7,16H,2,5-6,8-9H2,1H3,(H,17,18);1H. The molecule has 3 nitrogen and oxygen atoms in total. The van der Waals surface area contributed by atoms with E-state index >= 15 is 0 Å². The highest BCUT2D eigenvalue weighted by Gasteiger charge is 2.04. The minimum atomic E-state index is 0. The van der Waals surface area contributed by atoms with Crippen LogP contribution in [-0.4, -0.2) is 31.8 Å². The molecule has 0 aliphatic rings. The quantitative estimate of drug-likeness (QED) is 0.701. The SMILES string of the molecule is CNCCCNC(=O)CSCc1ccc(Cl)cc1Cl.Cl. The molecule has 1 amide bonds. The highest BCUT2D eigenvalue weighted by atomic mass is 35.5. The van der Waals surface area contributed by atoms with E-state index in [2.05, 4.69) is 10.6 Å². The average molecular weight is 358 g/mol. The van der Waals surface area contributed by atoms with Gasteiger partial charge in [0.15, 0.2) is 0 Å². The Morgan fingerprint density at radius 2 is 2.05 bits per heavy atom. The number of carbonyl (C=O) groups excluding carboxylic acids is 1. The van der Waals surface area contributed by atoms with E-state index in [-0.39, 0.29) is 18.3 Å². The number of benzene rings is 1. The van der Waals surface area contributed by atoms with Crippen molar-refractivity contribution in [3.05, 3.63) is 33.8 Å². The summed E-state index contributed by atoms with van der Waals surface area (Å²) in [6.45, 7) is 1.62. The normalized spacial score (nSPS) is 9.95. The number of halogens is 3. The van der Waals surface area contributed by atoms with Gasteiger partial charge in [0.1, 0.15) is 0 Å². The molecule has 0 bridgehead atoms. The van der Waals surface area contributed by atoms with Gasteiger partial charge in [0.05, 0.1) is 5.75 Å². The first-order valence-electron chi connectivity index (χ1n) is 6.06. The van der Waals surface area contributed by atoms with E-state index in [9.17, 15) is 4.79 Å². The number of carbonyl (C=O) groups is 1. The lowest BCUT2D eigenvalue weighted by molar-refractivity contribution is -0.118. The van der Waals surface area contributed by atoms with Crippen LogP contribution < -0.4 is 10.6 Å². The van der Waals surface area contributed by atoms with Gasteiger partial charge in [-0.2, -0.15) is 0 Å². The maximum Gasteiger partial charge on any atom is 0.230 e. The van der Waals surface area contributed by atoms with E-state index in [1.54, 1.807) is 23.9 Å². The Hall–Kier alpha value is -0.130. The van der Waals surface area contributed by atoms with Crippen molar-refractivity contribution in [2.45, 2.75) is 12.2 Å². The molecule has 1 aromatic rings. The molecular formula is C13H19Cl3N2OS. The first kappa shape index (κ1) is 19.9. The summed E-state index contributed by atoms with van der Waals surface area (Å²) < 4.78 is 0. The Labute approximate surface area is 140 Å². The van der Waals surface area contributed by atoms with Crippen LogP contribution in [0.2, 0.25) is 10.0 Å². The molecule has 114 valence electrons. The molecule has 0 heterocycles. The summed E-state index contributed by atoms with van der Waals surface area (Å²) in [4.78, 5) is 11.5. The zero-order chi connectivity index (χ0) is 14.1. The molecule has 0 spiro atoms. The van der Waals surface area contributed by atoms with Crippen LogP contribution in [0.1, 0.15) is 12.0 Å². The number of rotatable bonds is 8. The van der Waals surface area contributed by atoms with E-state index < -0.39 is 0 Å². The van der Waals surface area contributed by atoms with Crippen molar-refractivity contribution in [2.24, 2.45) is 0 Å². The van der Waals surface area contributed by atoms with Gasteiger partial charge in [-0.25, -0.2) is 0 Å².